The van der Waals surface area contributed by atoms with Crippen LogP contribution in [0.4, 0.5) is 5.69 Å². The van der Waals surface area contributed by atoms with Gasteiger partial charge in [-0.1, -0.05) is 0 Å². The molecule has 2 aliphatic heterocycles. The lowest BCUT2D eigenvalue weighted by Gasteiger charge is -2.40. The van der Waals surface area contributed by atoms with Gasteiger partial charge in [0.05, 0.1) is 17.1 Å². The lowest BCUT2D eigenvalue weighted by molar-refractivity contribution is -0.384. The van der Waals surface area contributed by atoms with Gasteiger partial charge in [0, 0.05) is 29.2 Å². The van der Waals surface area contributed by atoms with E-state index in [1.165, 1.54) is 12.1 Å². The Morgan fingerprint density at radius 1 is 1.24 bits per heavy atom. The van der Waals surface area contributed by atoms with Gasteiger partial charge in [-0.15, -0.1) is 0 Å². The van der Waals surface area contributed by atoms with E-state index in [0.29, 0.717) is 5.56 Å². The van der Waals surface area contributed by atoms with Crippen LogP contribution >= 0.6 is 0 Å². The molecule has 4 rings (SSSR count). The predicted octanol–water partition coefficient (Wildman–Crippen LogP) is 2.72. The Hall–Kier alpha value is -1.54. The number of aliphatic hydroxyl groups is 1. The first-order chi connectivity index (χ1) is 11.7. The molecule has 1 saturated carbocycles. The topological polar surface area (TPSA) is 85.1 Å². The molecule has 136 valence electrons. The molecular weight excluding hydrogens is 324 g/mol. The Morgan fingerprint density at radius 2 is 1.88 bits per heavy atom. The fourth-order valence-electron chi connectivity index (χ4n) is 4.54. The normalized spacial score (nSPS) is 37.9. The van der Waals surface area contributed by atoms with Gasteiger partial charge < -0.3 is 9.84 Å². The molecule has 25 heavy (non-hydrogen) atoms. The molecule has 0 radical (unpaired) electrons. The molecule has 0 bridgehead atoms. The van der Waals surface area contributed by atoms with Crippen LogP contribution in [0.1, 0.15) is 45.6 Å². The second kappa shape index (κ2) is 5.48. The number of nitro benzene ring substituents is 1. The number of non-ortho nitro benzene ring substituents is 1. The van der Waals surface area contributed by atoms with Crippen LogP contribution in [-0.2, 0) is 15.4 Å². The summed E-state index contributed by atoms with van der Waals surface area (Å²) >= 11 is 0. The first-order valence-electron chi connectivity index (χ1n) is 8.83. The van der Waals surface area contributed by atoms with Gasteiger partial charge in [-0.05, 0) is 52.2 Å². The first-order valence-corrected chi connectivity index (χ1v) is 8.83. The van der Waals surface area contributed by atoms with Crippen LogP contribution in [0.25, 0.3) is 0 Å². The average Bonchev–Trinajstić information content (AvgIpc) is 3.09. The fraction of sp³-hybridized carbons (Fsp3) is 0.667. The van der Waals surface area contributed by atoms with E-state index in [2.05, 4.69) is 0 Å². The molecule has 2 saturated heterocycles. The fourth-order valence-corrected chi connectivity index (χ4v) is 4.54. The molecule has 2 heterocycles. The molecule has 0 unspecified atom stereocenters. The van der Waals surface area contributed by atoms with Gasteiger partial charge in [-0.3, -0.25) is 15.0 Å². The number of hydroxylamine groups is 2. The van der Waals surface area contributed by atoms with Crippen molar-refractivity contribution in [1.82, 2.24) is 5.06 Å². The van der Waals surface area contributed by atoms with E-state index >= 15 is 0 Å². The Labute approximate surface area is 146 Å². The van der Waals surface area contributed by atoms with Crippen LogP contribution in [0.5, 0.6) is 0 Å². The summed E-state index contributed by atoms with van der Waals surface area (Å²) in [5.74, 6) is -1.43. The van der Waals surface area contributed by atoms with Crippen LogP contribution < -0.4 is 0 Å². The third-order valence-electron chi connectivity index (χ3n) is 5.59. The quantitative estimate of drug-likeness (QED) is 0.653. The van der Waals surface area contributed by atoms with Crippen molar-refractivity contribution in [3.05, 3.63) is 39.9 Å². The van der Waals surface area contributed by atoms with Crippen molar-refractivity contribution in [1.29, 1.82) is 0 Å². The zero-order valence-corrected chi connectivity index (χ0v) is 14.7. The Bertz CT molecular complexity index is 686. The Kier molecular flexibility index (Phi) is 3.70. The highest BCUT2D eigenvalue weighted by atomic mass is 16.7. The van der Waals surface area contributed by atoms with Gasteiger partial charge in [-0.25, -0.2) is 0 Å². The molecule has 7 nitrogen and oxygen atoms in total. The summed E-state index contributed by atoms with van der Waals surface area (Å²) in [7, 11) is 0. The molecule has 5 atom stereocenters. The Balaban J connectivity index is 1.76. The van der Waals surface area contributed by atoms with Gasteiger partial charge in [0.1, 0.15) is 6.04 Å². The van der Waals surface area contributed by atoms with Crippen LogP contribution in [0.2, 0.25) is 0 Å². The third-order valence-corrected chi connectivity index (χ3v) is 5.59. The molecule has 1 aliphatic carbocycles. The number of hydrogen-bond acceptors (Lipinski definition) is 6. The van der Waals surface area contributed by atoms with Crippen molar-refractivity contribution in [2.45, 2.75) is 69.6 Å². The summed E-state index contributed by atoms with van der Waals surface area (Å²) in [6.45, 7) is 6.15. The zero-order valence-electron chi connectivity index (χ0n) is 14.7. The van der Waals surface area contributed by atoms with Crippen molar-refractivity contribution < 1.29 is 19.6 Å². The third kappa shape index (κ3) is 2.49. The lowest BCUT2D eigenvalue weighted by Crippen LogP contribution is -2.53. The van der Waals surface area contributed by atoms with Crippen LogP contribution in [0, 0.1) is 16.0 Å². The highest BCUT2D eigenvalue weighted by Gasteiger charge is 2.66. The Morgan fingerprint density at radius 3 is 2.48 bits per heavy atom. The second-order valence-electron chi connectivity index (χ2n) is 8.25. The van der Waals surface area contributed by atoms with Crippen LogP contribution in [0.3, 0.4) is 0 Å². The molecule has 1 aromatic rings. The first kappa shape index (κ1) is 16.9. The number of ether oxygens (including phenoxy) is 1. The minimum atomic E-state index is -1.53. The molecule has 3 fully saturated rings. The van der Waals surface area contributed by atoms with Crippen molar-refractivity contribution >= 4 is 5.69 Å². The largest absolute Gasteiger partial charge is 0.360 e. The van der Waals surface area contributed by atoms with Crippen LogP contribution in [0.15, 0.2) is 24.3 Å². The zero-order chi connectivity index (χ0) is 18.0. The van der Waals surface area contributed by atoms with Crippen molar-refractivity contribution in [2.75, 3.05) is 0 Å². The molecule has 7 heteroatoms. The SMILES string of the molecule is CC(C)(C)N1O[C@@H]2CCC[C@@H]3O[C@](O)(c4ccc([N+](=O)[O-])cc4)[C@H]1[C@@H]32. The second-order valence-corrected chi connectivity index (χ2v) is 8.25. The summed E-state index contributed by atoms with van der Waals surface area (Å²) in [5.41, 5.74) is 0.238. The van der Waals surface area contributed by atoms with Gasteiger partial charge >= 0.3 is 0 Å². The van der Waals surface area contributed by atoms with E-state index in [1.54, 1.807) is 12.1 Å². The van der Waals surface area contributed by atoms with Crippen molar-refractivity contribution in [3.8, 4) is 0 Å². The lowest BCUT2D eigenvalue weighted by atomic mass is 9.78. The number of nitrogens with zero attached hydrogens (tertiary/aromatic N) is 2. The summed E-state index contributed by atoms with van der Waals surface area (Å²) in [6, 6.07) is 5.66. The molecule has 1 N–H and O–H groups in total. The molecular formula is C18H24N2O5. The summed E-state index contributed by atoms with van der Waals surface area (Å²) in [6.07, 6.45) is 2.86. The van der Waals surface area contributed by atoms with E-state index in [0.717, 1.165) is 19.3 Å². The molecule has 0 spiro atoms. The van der Waals surface area contributed by atoms with Crippen LogP contribution in [-0.4, -0.2) is 38.9 Å². The summed E-state index contributed by atoms with van der Waals surface area (Å²) < 4.78 is 6.16. The van der Waals surface area contributed by atoms with Gasteiger partial charge in [0.2, 0.25) is 5.79 Å². The molecule has 3 aliphatic rings. The monoisotopic (exact) mass is 348 g/mol. The minimum Gasteiger partial charge on any atom is -0.360 e. The average molecular weight is 348 g/mol. The van der Waals surface area contributed by atoms with Gasteiger partial charge in [0.25, 0.3) is 5.69 Å². The van der Waals surface area contributed by atoms with Crippen molar-refractivity contribution in [3.63, 3.8) is 0 Å². The summed E-state index contributed by atoms with van der Waals surface area (Å²) in [4.78, 5) is 16.7. The van der Waals surface area contributed by atoms with E-state index in [-0.39, 0.29) is 35.4 Å². The maximum Gasteiger partial charge on any atom is 0.269 e. The molecule has 0 aromatic heterocycles. The predicted molar refractivity (Wildman–Crippen MR) is 89.5 cm³/mol. The number of benzene rings is 1. The standard InChI is InChI=1S/C18H24N2O5/c1-17(2,3)19-16-15-13(5-4-6-14(15)25-19)24-18(16,21)11-7-9-12(10-8-11)20(22)23/h7-10,13-16,21H,4-6H2,1-3H3/t13-,14+,15-,16+,18+/m0/s1. The number of hydrogen-bond donors (Lipinski definition) is 1. The maximum absolute atomic E-state index is 11.5. The maximum atomic E-state index is 11.5. The molecule has 0 amide bonds. The van der Waals surface area contributed by atoms with E-state index in [9.17, 15) is 15.2 Å². The number of rotatable bonds is 2. The van der Waals surface area contributed by atoms with Gasteiger partial charge in [-0.2, -0.15) is 5.06 Å². The highest BCUT2D eigenvalue weighted by molar-refractivity contribution is 5.36. The minimum absolute atomic E-state index is 0.00371. The molecule has 1 aromatic carbocycles. The van der Waals surface area contributed by atoms with E-state index in [4.69, 9.17) is 9.57 Å². The number of nitro groups is 1. The van der Waals surface area contributed by atoms with E-state index < -0.39 is 10.7 Å². The summed E-state index contributed by atoms with van der Waals surface area (Å²) in [5, 5.41) is 24.3. The van der Waals surface area contributed by atoms with Gasteiger partial charge in [0.15, 0.2) is 0 Å². The highest BCUT2D eigenvalue weighted by Crippen LogP contribution is 2.55. The smallest absolute Gasteiger partial charge is 0.269 e. The van der Waals surface area contributed by atoms with Crippen molar-refractivity contribution in [2.24, 2.45) is 5.92 Å². The van der Waals surface area contributed by atoms with E-state index in [1.807, 2.05) is 25.8 Å².